The Morgan fingerprint density at radius 2 is 2.00 bits per heavy atom. The molecule has 1 aromatic carbocycles. The number of ether oxygens (including phenoxy) is 1. The zero-order chi connectivity index (χ0) is 16.0. The van der Waals surface area contributed by atoms with Crippen molar-refractivity contribution in [2.24, 2.45) is 5.92 Å². The van der Waals surface area contributed by atoms with Gasteiger partial charge in [0.05, 0.1) is 24.5 Å². The molecule has 2 aromatic rings. The summed E-state index contributed by atoms with van der Waals surface area (Å²) in [6, 6.07) is 7.70. The number of esters is 1. The Kier molecular flexibility index (Phi) is 3.18. The number of nitrogens with zero attached hydrogens (tertiary/aromatic N) is 3. The first-order chi connectivity index (χ1) is 11.2. The third-order valence-electron chi connectivity index (χ3n) is 4.19. The number of carbonyl (C=O) groups is 2. The second-order valence-electron chi connectivity index (χ2n) is 5.82. The maximum atomic E-state index is 12.6. The van der Waals surface area contributed by atoms with Gasteiger partial charge in [-0.15, -0.1) is 0 Å². The molecule has 2 aliphatic rings. The lowest BCUT2D eigenvalue weighted by molar-refractivity contribution is -0.120. The van der Waals surface area contributed by atoms with Crippen LogP contribution < -0.4 is 4.90 Å². The Balaban J connectivity index is 1.77. The standard InChI is InChI=1S/C17H17N3O3/c1-2-23-17(22)12-9-19-13-5-3-4-6-14(13)20(10-15(19)18-12)16(21)11-7-8-11/h3-6,9,11H,2,7-8,10H2,1H3. The Morgan fingerprint density at radius 1 is 1.26 bits per heavy atom. The Morgan fingerprint density at radius 3 is 2.70 bits per heavy atom. The SMILES string of the molecule is CCOC(=O)c1cn2c(n1)CN(C(=O)C1CC1)c1ccccc1-2. The average Bonchev–Trinajstić information content (AvgIpc) is 3.32. The molecule has 0 atom stereocenters. The van der Waals surface area contributed by atoms with Gasteiger partial charge in [-0.25, -0.2) is 9.78 Å². The minimum absolute atomic E-state index is 0.133. The number of amides is 1. The van der Waals surface area contributed by atoms with Crippen LogP contribution >= 0.6 is 0 Å². The van der Waals surface area contributed by atoms with Gasteiger partial charge in [0.25, 0.3) is 0 Å². The molecular formula is C17H17N3O3. The Labute approximate surface area is 133 Å². The molecule has 2 heterocycles. The number of hydrogen-bond donors (Lipinski definition) is 0. The summed E-state index contributed by atoms with van der Waals surface area (Å²) in [5.74, 6) is 0.520. The lowest BCUT2D eigenvalue weighted by Crippen LogP contribution is -2.36. The number of rotatable bonds is 3. The number of benzene rings is 1. The van der Waals surface area contributed by atoms with Gasteiger partial charge < -0.3 is 9.64 Å². The molecule has 0 bridgehead atoms. The van der Waals surface area contributed by atoms with E-state index in [-0.39, 0.29) is 17.5 Å². The maximum Gasteiger partial charge on any atom is 0.358 e. The largest absolute Gasteiger partial charge is 0.461 e. The van der Waals surface area contributed by atoms with Crippen molar-refractivity contribution in [2.45, 2.75) is 26.3 Å². The van der Waals surface area contributed by atoms with E-state index >= 15 is 0 Å². The third kappa shape index (κ3) is 2.30. The monoisotopic (exact) mass is 311 g/mol. The van der Waals surface area contributed by atoms with Crippen LogP contribution in [0, 0.1) is 5.92 Å². The molecule has 1 aliphatic heterocycles. The summed E-state index contributed by atoms with van der Waals surface area (Å²) in [5, 5.41) is 0. The molecular weight excluding hydrogens is 294 g/mol. The molecule has 1 amide bonds. The number of aromatic nitrogens is 2. The first-order valence-corrected chi connectivity index (χ1v) is 7.85. The van der Waals surface area contributed by atoms with E-state index in [4.69, 9.17) is 4.74 Å². The van der Waals surface area contributed by atoms with Crippen LogP contribution in [-0.4, -0.2) is 28.0 Å². The van der Waals surface area contributed by atoms with Crippen molar-refractivity contribution in [1.29, 1.82) is 0 Å². The van der Waals surface area contributed by atoms with Crippen molar-refractivity contribution in [1.82, 2.24) is 9.55 Å². The summed E-state index contributed by atoms with van der Waals surface area (Å²) < 4.78 is 6.89. The highest BCUT2D eigenvalue weighted by molar-refractivity contribution is 5.99. The van der Waals surface area contributed by atoms with Crippen molar-refractivity contribution in [3.8, 4) is 5.69 Å². The molecule has 0 spiro atoms. The molecule has 4 rings (SSSR count). The molecule has 23 heavy (non-hydrogen) atoms. The number of anilines is 1. The molecule has 1 fully saturated rings. The highest BCUT2D eigenvalue weighted by atomic mass is 16.5. The van der Waals surface area contributed by atoms with Crippen LogP contribution in [0.5, 0.6) is 0 Å². The summed E-state index contributed by atoms with van der Waals surface area (Å²) in [4.78, 5) is 30.7. The topological polar surface area (TPSA) is 64.4 Å². The molecule has 0 radical (unpaired) electrons. The summed E-state index contributed by atoms with van der Waals surface area (Å²) in [7, 11) is 0. The van der Waals surface area contributed by atoms with E-state index in [1.54, 1.807) is 18.0 Å². The molecule has 118 valence electrons. The normalized spacial score (nSPS) is 15.8. The van der Waals surface area contributed by atoms with Gasteiger partial charge in [0.15, 0.2) is 5.69 Å². The highest BCUT2D eigenvalue weighted by Gasteiger charge is 2.37. The van der Waals surface area contributed by atoms with Crippen molar-refractivity contribution < 1.29 is 14.3 Å². The molecule has 1 aliphatic carbocycles. The van der Waals surface area contributed by atoms with E-state index in [1.165, 1.54) is 0 Å². The van der Waals surface area contributed by atoms with Gasteiger partial charge in [-0.1, -0.05) is 12.1 Å². The summed E-state index contributed by atoms with van der Waals surface area (Å²) in [5.41, 5.74) is 2.01. The van der Waals surface area contributed by atoms with E-state index in [0.717, 1.165) is 24.2 Å². The van der Waals surface area contributed by atoms with Gasteiger partial charge in [0.1, 0.15) is 5.82 Å². The first kappa shape index (κ1) is 14.0. The van der Waals surface area contributed by atoms with E-state index in [1.807, 2.05) is 28.8 Å². The maximum absolute atomic E-state index is 12.6. The third-order valence-corrected chi connectivity index (χ3v) is 4.19. The second-order valence-corrected chi connectivity index (χ2v) is 5.82. The minimum Gasteiger partial charge on any atom is -0.461 e. The lowest BCUT2D eigenvalue weighted by atomic mass is 10.1. The van der Waals surface area contributed by atoms with Gasteiger partial charge in [0, 0.05) is 12.1 Å². The van der Waals surface area contributed by atoms with Gasteiger partial charge in [-0.3, -0.25) is 9.36 Å². The quantitative estimate of drug-likeness (QED) is 0.816. The van der Waals surface area contributed by atoms with Gasteiger partial charge in [-0.2, -0.15) is 0 Å². The van der Waals surface area contributed by atoms with Gasteiger partial charge in [0.2, 0.25) is 5.91 Å². The van der Waals surface area contributed by atoms with Crippen LogP contribution in [0.4, 0.5) is 5.69 Å². The van der Waals surface area contributed by atoms with E-state index in [2.05, 4.69) is 4.98 Å². The van der Waals surface area contributed by atoms with Crippen LogP contribution in [-0.2, 0) is 16.1 Å². The molecule has 0 N–H and O–H groups in total. The van der Waals surface area contributed by atoms with Crippen molar-refractivity contribution in [3.63, 3.8) is 0 Å². The van der Waals surface area contributed by atoms with E-state index < -0.39 is 5.97 Å². The molecule has 1 aromatic heterocycles. The van der Waals surface area contributed by atoms with Crippen LogP contribution in [0.15, 0.2) is 30.5 Å². The minimum atomic E-state index is -0.438. The first-order valence-electron chi connectivity index (χ1n) is 7.85. The second kappa shape index (κ2) is 5.22. The van der Waals surface area contributed by atoms with Crippen LogP contribution in [0.2, 0.25) is 0 Å². The van der Waals surface area contributed by atoms with E-state index in [0.29, 0.717) is 19.0 Å². The highest BCUT2D eigenvalue weighted by Crippen LogP contribution is 2.37. The zero-order valence-electron chi connectivity index (χ0n) is 12.9. The fourth-order valence-corrected chi connectivity index (χ4v) is 2.91. The van der Waals surface area contributed by atoms with Crippen LogP contribution in [0.1, 0.15) is 36.1 Å². The van der Waals surface area contributed by atoms with Gasteiger partial charge >= 0.3 is 5.97 Å². The van der Waals surface area contributed by atoms with Crippen LogP contribution in [0.3, 0.4) is 0 Å². The summed E-state index contributed by atoms with van der Waals surface area (Å²) >= 11 is 0. The molecule has 1 saturated carbocycles. The molecule has 6 heteroatoms. The molecule has 0 saturated heterocycles. The number of para-hydroxylation sites is 2. The Bertz CT molecular complexity index is 792. The van der Waals surface area contributed by atoms with Crippen molar-refractivity contribution in [2.75, 3.05) is 11.5 Å². The predicted molar refractivity (Wildman–Crippen MR) is 83.4 cm³/mol. The van der Waals surface area contributed by atoms with Gasteiger partial charge in [-0.05, 0) is 31.9 Å². The molecule has 6 nitrogen and oxygen atoms in total. The fraction of sp³-hybridized carbons (Fsp3) is 0.353. The number of hydrogen-bond acceptors (Lipinski definition) is 4. The number of imidazole rings is 1. The molecule has 0 unspecified atom stereocenters. The average molecular weight is 311 g/mol. The van der Waals surface area contributed by atoms with Crippen molar-refractivity contribution >= 4 is 17.6 Å². The smallest absolute Gasteiger partial charge is 0.358 e. The fourth-order valence-electron chi connectivity index (χ4n) is 2.91. The number of fused-ring (bicyclic) bond motifs is 3. The zero-order valence-corrected chi connectivity index (χ0v) is 12.9. The van der Waals surface area contributed by atoms with Crippen molar-refractivity contribution in [3.05, 3.63) is 42.0 Å². The predicted octanol–water partition coefficient (Wildman–Crippen LogP) is 2.31. The summed E-state index contributed by atoms with van der Waals surface area (Å²) in [6.45, 7) is 2.45. The Hall–Kier alpha value is -2.63. The van der Waals surface area contributed by atoms with E-state index in [9.17, 15) is 9.59 Å². The summed E-state index contributed by atoms with van der Waals surface area (Å²) in [6.07, 6.45) is 3.60. The van der Waals surface area contributed by atoms with Crippen LogP contribution in [0.25, 0.3) is 5.69 Å². The number of carbonyl (C=O) groups excluding carboxylic acids is 2. The lowest BCUT2D eigenvalue weighted by Gasteiger charge is -2.30.